The summed E-state index contributed by atoms with van der Waals surface area (Å²) in [7, 11) is 0. The maximum Gasteiger partial charge on any atom is 0.306 e. The smallest absolute Gasteiger partial charge is 0.306 e. The third-order valence-electron chi connectivity index (χ3n) is 11.1. The van der Waals surface area contributed by atoms with Crippen LogP contribution in [0.3, 0.4) is 0 Å². The number of carbonyl (C=O) groups is 1. The van der Waals surface area contributed by atoms with Gasteiger partial charge in [0.2, 0.25) is 11.7 Å². The van der Waals surface area contributed by atoms with Crippen LogP contribution in [-0.4, -0.2) is 77.7 Å². The number of halogens is 2. The summed E-state index contributed by atoms with van der Waals surface area (Å²) in [5, 5.41) is 38.6. The Balaban J connectivity index is 1.07. The number of nitriles is 1. The molecule has 1 atom stereocenters. The quantitative estimate of drug-likeness (QED) is 0.127. The Kier molecular flexibility index (Phi) is 10.5. The number of rotatable bonds is 10. The van der Waals surface area contributed by atoms with Crippen LogP contribution in [0.2, 0.25) is 0 Å². The van der Waals surface area contributed by atoms with Gasteiger partial charge >= 0.3 is 5.97 Å². The van der Waals surface area contributed by atoms with Gasteiger partial charge in [0.1, 0.15) is 17.1 Å². The molecule has 0 unspecified atom stereocenters. The number of nitrogens with zero attached hydrogens (tertiary/aromatic N) is 9. The minimum absolute atomic E-state index is 0.0717. The van der Waals surface area contributed by atoms with Gasteiger partial charge in [-0.25, -0.2) is 23.7 Å². The van der Waals surface area contributed by atoms with E-state index < -0.39 is 23.8 Å². The molecule has 2 N–H and O–H groups in total. The average Bonchev–Trinajstić information content (AvgIpc) is 3.79. The molecule has 8 rings (SSSR count). The molecule has 15 heteroatoms. The van der Waals surface area contributed by atoms with E-state index in [1.54, 1.807) is 25.3 Å². The normalized spacial score (nSPS) is 18.2. The standard InChI is InChI=1S/C43H41F2N9O4/c1-24-30(6-4-8-32(24)41-49-35-17-26(16-29(19-46)37(35)58-41)21-53-13-10-28(11-14-53)42(55)56)31-7-5-9-33(25(31)2)51-52-39-36-34(48-40(50-39)38(44)45)18-27(20-47-36)22-54-15-12-43(3,57)23-54/h4-9,16-18,20,28,38,57H,10-15,21-23H2,1-3H3,(H,55,56)/t43-/m1/s1. The van der Waals surface area contributed by atoms with Gasteiger partial charge < -0.3 is 14.6 Å². The summed E-state index contributed by atoms with van der Waals surface area (Å²) in [4.78, 5) is 33.1. The number of carboxylic acids is 1. The van der Waals surface area contributed by atoms with Crippen LogP contribution in [0.1, 0.15) is 66.3 Å². The van der Waals surface area contributed by atoms with Gasteiger partial charge in [-0.3, -0.25) is 19.6 Å². The van der Waals surface area contributed by atoms with E-state index in [0.29, 0.717) is 86.8 Å². The number of aromatic nitrogens is 4. The van der Waals surface area contributed by atoms with Crippen LogP contribution in [0.25, 0.3) is 44.7 Å². The zero-order valence-corrected chi connectivity index (χ0v) is 32.3. The van der Waals surface area contributed by atoms with Crippen molar-refractivity contribution in [1.29, 1.82) is 5.26 Å². The van der Waals surface area contributed by atoms with Gasteiger partial charge in [-0.05, 0) is 117 Å². The van der Waals surface area contributed by atoms with Crippen molar-refractivity contribution in [2.24, 2.45) is 16.1 Å². The van der Waals surface area contributed by atoms with E-state index in [1.807, 2.05) is 56.3 Å². The van der Waals surface area contributed by atoms with Crippen LogP contribution in [0.15, 0.2) is 75.4 Å². The maximum absolute atomic E-state index is 14.0. The molecular weight excluding hydrogens is 745 g/mol. The largest absolute Gasteiger partial charge is 0.481 e. The first-order valence-corrected chi connectivity index (χ1v) is 19.2. The number of azo groups is 1. The Morgan fingerprint density at radius 2 is 1.66 bits per heavy atom. The molecule has 0 amide bonds. The number of hydrogen-bond donors (Lipinski definition) is 2. The Bertz CT molecular complexity index is 2630. The number of piperidine rings is 1. The second-order valence-corrected chi connectivity index (χ2v) is 15.5. The molecule has 2 fully saturated rings. The number of benzene rings is 3. The van der Waals surface area contributed by atoms with E-state index in [9.17, 15) is 29.1 Å². The number of β-amino-alcohol motifs (C(OH)–C–C–N with tert-alkyl or cyclic N) is 1. The van der Waals surface area contributed by atoms with Crippen LogP contribution in [0.4, 0.5) is 20.3 Å². The van der Waals surface area contributed by atoms with Crippen LogP contribution < -0.4 is 0 Å². The van der Waals surface area contributed by atoms with Crippen molar-refractivity contribution in [3.05, 3.63) is 94.4 Å². The van der Waals surface area contributed by atoms with Crippen molar-refractivity contribution in [3.63, 3.8) is 0 Å². The zero-order valence-electron chi connectivity index (χ0n) is 32.3. The molecule has 13 nitrogen and oxygen atoms in total. The predicted octanol–water partition coefficient (Wildman–Crippen LogP) is 8.59. The highest BCUT2D eigenvalue weighted by molar-refractivity contribution is 5.86. The molecular formula is C43H41F2N9O4. The molecule has 3 aromatic heterocycles. The first-order chi connectivity index (χ1) is 27.9. The van der Waals surface area contributed by atoms with Gasteiger partial charge in [-0.15, -0.1) is 10.2 Å². The number of aliphatic carboxylic acids is 1. The second kappa shape index (κ2) is 15.7. The van der Waals surface area contributed by atoms with E-state index in [-0.39, 0.29) is 22.8 Å². The lowest BCUT2D eigenvalue weighted by Gasteiger charge is -2.30. The predicted molar refractivity (Wildman–Crippen MR) is 212 cm³/mol. The lowest BCUT2D eigenvalue weighted by Crippen LogP contribution is -2.35. The third-order valence-corrected chi connectivity index (χ3v) is 11.1. The number of likely N-dealkylation sites (tertiary alicyclic amines) is 2. The highest BCUT2D eigenvalue weighted by Gasteiger charge is 2.31. The summed E-state index contributed by atoms with van der Waals surface area (Å²) in [5.74, 6) is -1.45. The van der Waals surface area contributed by atoms with E-state index >= 15 is 0 Å². The molecule has 2 saturated heterocycles. The first-order valence-electron chi connectivity index (χ1n) is 19.2. The molecule has 296 valence electrons. The minimum Gasteiger partial charge on any atom is -0.481 e. The van der Waals surface area contributed by atoms with E-state index in [2.05, 4.69) is 41.0 Å². The molecule has 0 saturated carbocycles. The van der Waals surface area contributed by atoms with Gasteiger partial charge in [0, 0.05) is 37.9 Å². The van der Waals surface area contributed by atoms with Gasteiger partial charge in [-0.2, -0.15) is 5.26 Å². The summed E-state index contributed by atoms with van der Waals surface area (Å²) in [6.07, 6.45) is 0.535. The lowest BCUT2D eigenvalue weighted by molar-refractivity contribution is -0.143. The van der Waals surface area contributed by atoms with E-state index in [4.69, 9.17) is 9.40 Å². The molecule has 0 radical (unpaired) electrons. The van der Waals surface area contributed by atoms with Crippen molar-refractivity contribution < 1.29 is 28.2 Å². The summed E-state index contributed by atoms with van der Waals surface area (Å²) >= 11 is 0. The van der Waals surface area contributed by atoms with Crippen molar-refractivity contribution in [1.82, 2.24) is 29.7 Å². The molecule has 0 bridgehead atoms. The Hall–Kier alpha value is -6.08. The SMILES string of the molecule is Cc1c(N=Nc2nc(C(F)F)nc3cc(CN4CC[C@@](C)(O)C4)cnc23)cccc1-c1cccc(-c2nc3cc(CN4CCC(C(=O)O)CC4)cc(C#N)c3o2)c1C. The van der Waals surface area contributed by atoms with Crippen molar-refractivity contribution >= 4 is 39.6 Å². The number of carboxylic acid groups (broad SMARTS) is 1. The summed E-state index contributed by atoms with van der Waals surface area (Å²) < 4.78 is 34.2. The van der Waals surface area contributed by atoms with Crippen LogP contribution in [-0.2, 0) is 17.9 Å². The minimum atomic E-state index is -2.93. The van der Waals surface area contributed by atoms with Gasteiger partial charge in [0.05, 0.1) is 28.3 Å². The van der Waals surface area contributed by atoms with Gasteiger partial charge in [0.15, 0.2) is 11.4 Å². The summed E-state index contributed by atoms with van der Waals surface area (Å²) in [5.41, 5.74) is 7.38. The van der Waals surface area contributed by atoms with Gasteiger partial charge in [-0.1, -0.05) is 24.3 Å². The molecule has 0 aliphatic carbocycles. The molecule has 0 spiro atoms. The molecule has 5 heterocycles. The molecule has 6 aromatic rings. The Morgan fingerprint density at radius 3 is 2.36 bits per heavy atom. The van der Waals surface area contributed by atoms with E-state index in [0.717, 1.165) is 38.9 Å². The lowest BCUT2D eigenvalue weighted by atomic mass is 9.93. The number of aliphatic hydroxyl groups is 1. The first kappa shape index (κ1) is 38.8. The fraction of sp³-hybridized carbons (Fsp3) is 0.349. The van der Waals surface area contributed by atoms with Crippen LogP contribution >= 0.6 is 0 Å². The summed E-state index contributed by atoms with van der Waals surface area (Å²) in [6, 6.07) is 19.1. The highest BCUT2D eigenvalue weighted by Crippen LogP contribution is 2.38. The Labute approximate surface area is 332 Å². The monoisotopic (exact) mass is 785 g/mol. The van der Waals surface area contributed by atoms with Gasteiger partial charge in [0.25, 0.3) is 6.43 Å². The molecule has 58 heavy (non-hydrogen) atoms. The molecule has 3 aromatic carbocycles. The zero-order chi connectivity index (χ0) is 40.7. The van der Waals surface area contributed by atoms with Crippen molar-refractivity contribution in [3.8, 4) is 28.7 Å². The van der Waals surface area contributed by atoms with Crippen molar-refractivity contribution in [2.75, 3.05) is 26.2 Å². The number of pyridine rings is 1. The maximum atomic E-state index is 14.0. The highest BCUT2D eigenvalue weighted by atomic mass is 19.3. The number of fused-ring (bicyclic) bond motifs is 2. The fourth-order valence-corrected chi connectivity index (χ4v) is 8.01. The Morgan fingerprint density at radius 1 is 0.948 bits per heavy atom. The third kappa shape index (κ3) is 7.91. The number of oxazole rings is 1. The van der Waals surface area contributed by atoms with E-state index in [1.165, 1.54) is 0 Å². The number of hydrogen-bond acceptors (Lipinski definition) is 12. The molecule has 2 aliphatic rings. The second-order valence-electron chi connectivity index (χ2n) is 15.5. The molecule has 2 aliphatic heterocycles. The topological polar surface area (TPSA) is 177 Å². The fourth-order valence-electron chi connectivity index (χ4n) is 8.01. The van der Waals surface area contributed by atoms with Crippen LogP contribution in [0.5, 0.6) is 0 Å². The number of alkyl halides is 2. The average molecular weight is 786 g/mol. The summed E-state index contributed by atoms with van der Waals surface area (Å²) in [6.45, 7) is 9.26. The van der Waals surface area contributed by atoms with Crippen LogP contribution in [0, 0.1) is 31.1 Å². The van der Waals surface area contributed by atoms with Crippen molar-refractivity contribution in [2.45, 2.75) is 65.1 Å².